The van der Waals surface area contributed by atoms with Gasteiger partial charge in [0.2, 0.25) is 0 Å². The first-order valence-corrected chi connectivity index (χ1v) is 9.62. The van der Waals surface area contributed by atoms with Crippen LogP contribution in [0.3, 0.4) is 0 Å². The summed E-state index contributed by atoms with van der Waals surface area (Å²) in [4.78, 5) is 0. The van der Waals surface area contributed by atoms with Gasteiger partial charge in [-0.3, -0.25) is 0 Å². The van der Waals surface area contributed by atoms with E-state index in [-0.39, 0.29) is 17.6 Å². The smallest absolute Gasteiger partial charge is 0.0758 e. The molecule has 3 fully saturated rings. The lowest BCUT2D eigenvalue weighted by Gasteiger charge is -2.57. The Labute approximate surface area is 140 Å². The van der Waals surface area contributed by atoms with Gasteiger partial charge in [0.25, 0.3) is 0 Å². The van der Waals surface area contributed by atoms with E-state index in [4.69, 9.17) is 0 Å². The molecule has 0 heterocycles. The molecule has 2 nitrogen and oxygen atoms in total. The van der Waals surface area contributed by atoms with Crippen LogP contribution in [0.15, 0.2) is 23.3 Å². The highest BCUT2D eigenvalue weighted by molar-refractivity contribution is 5.31. The van der Waals surface area contributed by atoms with Crippen LogP contribution in [0.2, 0.25) is 0 Å². The average Bonchev–Trinajstić information content (AvgIpc) is 2.77. The lowest BCUT2D eigenvalue weighted by atomic mass is 9.48. The summed E-state index contributed by atoms with van der Waals surface area (Å²) < 4.78 is 0. The highest BCUT2D eigenvalue weighted by Gasteiger charge is 2.58. The topological polar surface area (TPSA) is 40.5 Å². The van der Waals surface area contributed by atoms with Crippen LogP contribution in [0.1, 0.15) is 65.7 Å². The summed E-state index contributed by atoms with van der Waals surface area (Å²) in [5.74, 6) is 2.09. The average molecular weight is 316 g/mol. The maximum atomic E-state index is 10.6. The number of fused-ring (bicyclic) bond motifs is 5. The molecule has 0 amide bonds. The molecule has 2 N–H and O–H groups in total. The van der Waals surface area contributed by atoms with E-state index in [1.54, 1.807) is 0 Å². The third kappa shape index (κ3) is 2.07. The zero-order valence-electron chi connectivity index (χ0n) is 14.9. The number of aliphatic hydroxyl groups is 2. The molecule has 0 aromatic rings. The predicted octanol–water partition coefficient (Wildman–Crippen LogP) is 4.23. The number of hydrogen-bond acceptors (Lipinski definition) is 2. The van der Waals surface area contributed by atoms with Crippen LogP contribution in [0, 0.1) is 28.6 Å². The van der Waals surface area contributed by atoms with Gasteiger partial charge in [0.05, 0.1) is 12.2 Å². The molecule has 4 unspecified atom stereocenters. The number of allylic oxidation sites excluding steroid dienone is 2. The first kappa shape index (κ1) is 15.9. The molecular weight excluding hydrogens is 284 g/mol. The fourth-order valence-electron chi connectivity index (χ4n) is 7.03. The Balaban J connectivity index is 1.70. The minimum absolute atomic E-state index is 0.123. The zero-order valence-corrected chi connectivity index (χ0v) is 14.9. The van der Waals surface area contributed by atoms with Gasteiger partial charge in [-0.1, -0.05) is 31.6 Å². The normalized spacial score (nSPS) is 54.2. The molecule has 0 saturated heterocycles. The van der Waals surface area contributed by atoms with Crippen LogP contribution >= 0.6 is 0 Å². The van der Waals surface area contributed by atoms with E-state index in [2.05, 4.69) is 32.9 Å². The molecule has 0 bridgehead atoms. The second kappa shape index (κ2) is 5.20. The molecule has 0 aromatic carbocycles. The summed E-state index contributed by atoms with van der Waals surface area (Å²) in [6.45, 7) is 6.97. The Bertz CT molecular complexity index is 562. The summed E-state index contributed by atoms with van der Waals surface area (Å²) in [5.41, 5.74) is 3.35. The Hall–Kier alpha value is -0.600. The van der Waals surface area contributed by atoms with Crippen molar-refractivity contribution in [2.24, 2.45) is 28.6 Å². The van der Waals surface area contributed by atoms with Crippen molar-refractivity contribution < 1.29 is 10.2 Å². The van der Waals surface area contributed by atoms with Crippen LogP contribution in [-0.4, -0.2) is 22.4 Å². The minimum Gasteiger partial charge on any atom is -0.393 e. The first-order valence-electron chi connectivity index (χ1n) is 9.62. The van der Waals surface area contributed by atoms with Crippen molar-refractivity contribution >= 4 is 0 Å². The van der Waals surface area contributed by atoms with Gasteiger partial charge in [0.15, 0.2) is 0 Å². The lowest BCUT2D eigenvalue weighted by molar-refractivity contribution is -0.0278. The van der Waals surface area contributed by atoms with E-state index < -0.39 is 0 Å². The molecule has 23 heavy (non-hydrogen) atoms. The van der Waals surface area contributed by atoms with Crippen LogP contribution in [0.5, 0.6) is 0 Å². The third-order valence-electron chi connectivity index (χ3n) is 8.27. The van der Waals surface area contributed by atoms with E-state index in [0.29, 0.717) is 17.3 Å². The van der Waals surface area contributed by atoms with Gasteiger partial charge in [-0.2, -0.15) is 0 Å². The first-order chi connectivity index (χ1) is 10.9. The monoisotopic (exact) mass is 316 g/mol. The van der Waals surface area contributed by atoms with Gasteiger partial charge in [-0.15, -0.1) is 0 Å². The Morgan fingerprint density at radius 1 is 1.09 bits per heavy atom. The molecule has 4 rings (SSSR count). The van der Waals surface area contributed by atoms with E-state index in [9.17, 15) is 10.2 Å². The molecule has 0 radical (unpaired) electrons. The Kier molecular flexibility index (Phi) is 3.59. The summed E-state index contributed by atoms with van der Waals surface area (Å²) in [5, 5.41) is 20.7. The number of rotatable bonds is 0. The van der Waals surface area contributed by atoms with Crippen LogP contribution < -0.4 is 0 Å². The lowest BCUT2D eigenvalue weighted by Crippen LogP contribution is -2.49. The van der Waals surface area contributed by atoms with Crippen LogP contribution in [0.25, 0.3) is 0 Å². The summed E-state index contributed by atoms with van der Waals surface area (Å²) in [6.07, 6.45) is 11.9. The highest BCUT2D eigenvalue weighted by atomic mass is 16.3. The number of aliphatic hydroxyl groups excluding tert-OH is 2. The van der Waals surface area contributed by atoms with Crippen molar-refractivity contribution in [3.05, 3.63) is 23.3 Å². The van der Waals surface area contributed by atoms with Gasteiger partial charge in [0.1, 0.15) is 0 Å². The largest absolute Gasteiger partial charge is 0.393 e. The highest BCUT2D eigenvalue weighted by Crippen LogP contribution is 2.66. The Morgan fingerprint density at radius 3 is 2.57 bits per heavy atom. The summed E-state index contributed by atoms with van der Waals surface area (Å²) in [6, 6.07) is 0. The second-order valence-electron chi connectivity index (χ2n) is 9.11. The molecule has 7 atom stereocenters. The zero-order chi connectivity index (χ0) is 16.4. The molecule has 4 aliphatic carbocycles. The summed E-state index contributed by atoms with van der Waals surface area (Å²) >= 11 is 0. The van der Waals surface area contributed by atoms with Crippen molar-refractivity contribution in [2.75, 3.05) is 0 Å². The molecule has 0 aliphatic heterocycles. The van der Waals surface area contributed by atoms with E-state index in [1.165, 1.54) is 24.0 Å². The Morgan fingerprint density at radius 2 is 1.83 bits per heavy atom. The van der Waals surface area contributed by atoms with Crippen LogP contribution in [-0.2, 0) is 0 Å². The van der Waals surface area contributed by atoms with Crippen molar-refractivity contribution in [3.8, 4) is 0 Å². The second-order valence-corrected chi connectivity index (χ2v) is 9.11. The number of hydrogen-bond donors (Lipinski definition) is 2. The van der Waals surface area contributed by atoms with Crippen molar-refractivity contribution in [3.63, 3.8) is 0 Å². The van der Waals surface area contributed by atoms with Gasteiger partial charge >= 0.3 is 0 Å². The summed E-state index contributed by atoms with van der Waals surface area (Å²) in [7, 11) is 0. The minimum atomic E-state index is -0.222. The maximum absolute atomic E-state index is 10.6. The van der Waals surface area contributed by atoms with Gasteiger partial charge in [-0.25, -0.2) is 0 Å². The fraction of sp³-hybridized carbons (Fsp3) is 0.810. The van der Waals surface area contributed by atoms with Crippen molar-refractivity contribution in [2.45, 2.75) is 77.9 Å². The molecule has 0 spiro atoms. The van der Waals surface area contributed by atoms with E-state index in [0.717, 1.165) is 38.0 Å². The predicted molar refractivity (Wildman–Crippen MR) is 92.9 cm³/mol. The fourth-order valence-corrected chi connectivity index (χ4v) is 7.03. The van der Waals surface area contributed by atoms with Gasteiger partial charge < -0.3 is 10.2 Å². The maximum Gasteiger partial charge on any atom is 0.0758 e. The standard InChI is InChI=1S/C21H32O2/c1-4-16-19(23)12-18-15-6-5-13-11-14(22)7-9-20(13,2)17(15)8-10-21(16,18)3/h4-5,14-15,17-19,22-23H,6-12H2,1-3H3/b16-4+/t14-,15?,17?,18?,19?,20-,21+/m0/s1. The van der Waals surface area contributed by atoms with Crippen molar-refractivity contribution in [1.29, 1.82) is 0 Å². The molecule has 4 aliphatic rings. The van der Waals surface area contributed by atoms with Crippen molar-refractivity contribution in [1.82, 2.24) is 0 Å². The van der Waals surface area contributed by atoms with E-state index in [1.807, 2.05) is 0 Å². The van der Waals surface area contributed by atoms with Gasteiger partial charge in [-0.05, 0) is 86.0 Å². The third-order valence-corrected chi connectivity index (χ3v) is 8.27. The molecule has 0 aromatic heterocycles. The van der Waals surface area contributed by atoms with Crippen LogP contribution in [0.4, 0.5) is 0 Å². The van der Waals surface area contributed by atoms with E-state index >= 15 is 0 Å². The SMILES string of the molecule is C/C=C1\C(O)CC2C3CC=C4C[C@@H](O)CC[C@]4(C)C3CC[C@]12C. The molecular formula is C21H32O2. The quantitative estimate of drug-likeness (QED) is 0.657. The molecule has 3 saturated carbocycles. The van der Waals surface area contributed by atoms with Gasteiger partial charge in [0, 0.05) is 0 Å². The molecule has 2 heteroatoms. The molecule has 128 valence electrons.